The average molecular weight is 587 g/mol. The van der Waals surface area contributed by atoms with Crippen LogP contribution in [0.3, 0.4) is 0 Å². The van der Waals surface area contributed by atoms with Crippen LogP contribution >= 0.6 is 11.3 Å². The van der Waals surface area contributed by atoms with Crippen molar-refractivity contribution in [3.63, 3.8) is 0 Å². The van der Waals surface area contributed by atoms with Crippen molar-refractivity contribution >= 4 is 44.1 Å². The van der Waals surface area contributed by atoms with Gasteiger partial charge in [0.2, 0.25) is 0 Å². The van der Waals surface area contributed by atoms with Crippen LogP contribution in [0, 0.1) is 19.8 Å². The Morgan fingerprint density at radius 3 is 2.40 bits per heavy atom. The summed E-state index contributed by atoms with van der Waals surface area (Å²) < 4.78 is 17.8. The molecule has 4 aromatic rings. The van der Waals surface area contributed by atoms with Crippen LogP contribution in [0.15, 0.2) is 60.2 Å². The number of methoxy groups -OCH3 is 2. The molecule has 1 unspecified atom stereocenters. The Hall–Kier alpha value is -4.37. The number of anilines is 1. The summed E-state index contributed by atoms with van der Waals surface area (Å²) in [5, 5.41) is 11.9. The predicted molar refractivity (Wildman–Crippen MR) is 165 cm³/mol. The molecule has 8 nitrogen and oxygen atoms in total. The fourth-order valence-electron chi connectivity index (χ4n) is 5.09. The van der Waals surface area contributed by atoms with Crippen molar-refractivity contribution in [3.8, 4) is 17.2 Å². The summed E-state index contributed by atoms with van der Waals surface area (Å²) in [5.41, 5.74) is 3.74. The Labute approximate surface area is 249 Å². The summed E-state index contributed by atoms with van der Waals surface area (Å²) in [4.78, 5) is 33.6. The molecule has 1 N–H and O–H groups in total. The van der Waals surface area contributed by atoms with Crippen molar-refractivity contribution in [2.75, 3.05) is 25.7 Å². The summed E-state index contributed by atoms with van der Waals surface area (Å²) in [7, 11) is 3.09. The second kappa shape index (κ2) is 11.9. The molecule has 1 saturated heterocycles. The second-order valence-electron chi connectivity index (χ2n) is 10.8. The molecular formula is C33H34N2O6S. The van der Waals surface area contributed by atoms with Crippen LogP contribution < -0.4 is 19.1 Å². The number of hydrogen-bond donors (Lipinski definition) is 1. The number of ether oxygens (including phenoxy) is 3. The first-order valence-corrected chi connectivity index (χ1v) is 14.6. The van der Waals surface area contributed by atoms with Crippen molar-refractivity contribution in [2.45, 2.75) is 40.2 Å². The summed E-state index contributed by atoms with van der Waals surface area (Å²) in [6.45, 7) is 8.75. The molecule has 2 heterocycles. The van der Waals surface area contributed by atoms with E-state index in [0.717, 1.165) is 27.8 Å². The fourth-order valence-corrected chi connectivity index (χ4v) is 6.26. The zero-order valence-electron chi connectivity index (χ0n) is 24.6. The van der Waals surface area contributed by atoms with Gasteiger partial charge in [-0.15, -0.1) is 0 Å². The van der Waals surface area contributed by atoms with E-state index in [0.29, 0.717) is 46.0 Å². The van der Waals surface area contributed by atoms with Gasteiger partial charge in [-0.25, -0.2) is 4.98 Å². The largest absolute Gasteiger partial charge is 0.507 e. The van der Waals surface area contributed by atoms with Crippen molar-refractivity contribution in [2.24, 2.45) is 5.92 Å². The minimum absolute atomic E-state index is 0.0344. The molecule has 1 aromatic heterocycles. The van der Waals surface area contributed by atoms with E-state index < -0.39 is 17.7 Å². The first kappa shape index (κ1) is 29.1. The number of amides is 1. The number of fused-ring (bicyclic) bond motifs is 1. The van der Waals surface area contributed by atoms with Gasteiger partial charge in [0.15, 0.2) is 16.6 Å². The third-order valence-corrected chi connectivity index (χ3v) is 8.29. The van der Waals surface area contributed by atoms with E-state index in [9.17, 15) is 14.7 Å². The third-order valence-electron chi connectivity index (χ3n) is 7.29. The normalized spacial score (nSPS) is 16.5. The van der Waals surface area contributed by atoms with Gasteiger partial charge in [-0.1, -0.05) is 37.3 Å². The van der Waals surface area contributed by atoms with Crippen molar-refractivity contribution < 1.29 is 28.9 Å². The molecule has 218 valence electrons. The highest BCUT2D eigenvalue weighted by molar-refractivity contribution is 7.22. The molecule has 42 heavy (non-hydrogen) atoms. The molecule has 9 heteroatoms. The predicted octanol–water partition coefficient (Wildman–Crippen LogP) is 6.98. The Kier molecular flexibility index (Phi) is 8.22. The standard InChI is InChI=1S/C33H34N2O6S/c1-18(2)13-14-41-24-12-9-22(17-25(24)40-6)29-27(30(36)21-7-10-23(39-5)11-8-21)31(37)32(38)35(29)33-34-28-20(4)15-19(3)16-26(28)42-33/h7-12,15-18,29,36H,13-14H2,1-6H3/b30-27+. The Bertz CT molecular complexity index is 1690. The summed E-state index contributed by atoms with van der Waals surface area (Å²) >= 11 is 1.33. The van der Waals surface area contributed by atoms with Crippen LogP contribution in [0.5, 0.6) is 17.2 Å². The third kappa shape index (κ3) is 5.44. The number of thiazole rings is 1. The van der Waals surface area contributed by atoms with Crippen molar-refractivity contribution in [3.05, 3.63) is 82.4 Å². The van der Waals surface area contributed by atoms with E-state index in [1.165, 1.54) is 16.2 Å². The molecule has 1 aliphatic rings. The number of Topliss-reactive ketones (excluding diaryl/α,β-unsaturated/α-hetero) is 1. The van der Waals surface area contributed by atoms with Crippen LogP contribution in [-0.4, -0.2) is 42.6 Å². The van der Waals surface area contributed by atoms with Crippen LogP contribution in [-0.2, 0) is 9.59 Å². The molecule has 1 aliphatic heterocycles. The number of carbonyl (C=O) groups excluding carboxylic acids is 2. The van der Waals surface area contributed by atoms with Crippen LogP contribution in [0.2, 0.25) is 0 Å². The van der Waals surface area contributed by atoms with Crippen LogP contribution in [0.1, 0.15) is 48.6 Å². The molecule has 0 aliphatic carbocycles. The summed E-state index contributed by atoms with van der Waals surface area (Å²) in [5.74, 6) is 0.252. The number of carbonyl (C=O) groups is 2. The summed E-state index contributed by atoms with van der Waals surface area (Å²) in [6, 6.07) is 15.1. The highest BCUT2D eigenvalue weighted by Crippen LogP contribution is 2.46. The van der Waals surface area contributed by atoms with Gasteiger partial charge in [-0.2, -0.15) is 0 Å². The number of rotatable bonds is 9. The lowest BCUT2D eigenvalue weighted by atomic mass is 9.95. The van der Waals surface area contributed by atoms with E-state index in [1.54, 1.807) is 56.7 Å². The minimum atomic E-state index is -0.951. The van der Waals surface area contributed by atoms with Gasteiger partial charge in [0.1, 0.15) is 11.5 Å². The molecule has 1 atom stereocenters. The van der Waals surface area contributed by atoms with E-state index in [2.05, 4.69) is 13.8 Å². The van der Waals surface area contributed by atoms with Gasteiger partial charge in [0, 0.05) is 5.56 Å². The van der Waals surface area contributed by atoms with Gasteiger partial charge in [0.25, 0.3) is 5.78 Å². The molecule has 0 bridgehead atoms. The number of aromatic nitrogens is 1. The van der Waals surface area contributed by atoms with E-state index in [-0.39, 0.29) is 11.3 Å². The molecule has 5 rings (SSSR count). The average Bonchev–Trinajstić information content (AvgIpc) is 3.51. The van der Waals surface area contributed by atoms with Gasteiger partial charge in [0.05, 0.1) is 42.7 Å². The lowest BCUT2D eigenvalue weighted by molar-refractivity contribution is -0.132. The molecule has 1 amide bonds. The number of aryl methyl sites for hydroxylation is 2. The topological polar surface area (TPSA) is 98.2 Å². The smallest absolute Gasteiger partial charge is 0.301 e. The molecule has 1 fully saturated rings. The van der Waals surface area contributed by atoms with Gasteiger partial charge < -0.3 is 19.3 Å². The van der Waals surface area contributed by atoms with E-state index in [1.807, 2.05) is 26.0 Å². The maximum absolute atomic E-state index is 13.7. The number of hydrogen-bond acceptors (Lipinski definition) is 8. The van der Waals surface area contributed by atoms with Crippen molar-refractivity contribution in [1.82, 2.24) is 4.98 Å². The Morgan fingerprint density at radius 1 is 1.00 bits per heavy atom. The highest BCUT2D eigenvalue weighted by atomic mass is 32.1. The first-order valence-electron chi connectivity index (χ1n) is 13.8. The van der Waals surface area contributed by atoms with Crippen LogP contribution in [0.25, 0.3) is 16.0 Å². The maximum atomic E-state index is 13.7. The fraction of sp³-hybridized carbons (Fsp3) is 0.303. The first-order chi connectivity index (χ1) is 20.1. The zero-order chi connectivity index (χ0) is 30.1. The highest BCUT2D eigenvalue weighted by Gasteiger charge is 2.48. The second-order valence-corrected chi connectivity index (χ2v) is 11.8. The van der Waals surface area contributed by atoms with E-state index >= 15 is 0 Å². The van der Waals surface area contributed by atoms with Crippen molar-refractivity contribution in [1.29, 1.82) is 0 Å². The molecule has 0 spiro atoms. The number of benzene rings is 3. The molecular weight excluding hydrogens is 552 g/mol. The number of aliphatic hydroxyl groups excluding tert-OH is 1. The summed E-state index contributed by atoms with van der Waals surface area (Å²) in [6.07, 6.45) is 0.878. The maximum Gasteiger partial charge on any atom is 0.301 e. The minimum Gasteiger partial charge on any atom is -0.507 e. The quantitative estimate of drug-likeness (QED) is 0.128. The SMILES string of the molecule is COc1ccc(/C(O)=C2\C(=O)C(=O)N(c3nc4c(C)cc(C)cc4s3)C2c2ccc(OCCC(C)C)c(OC)c2)cc1. The van der Waals surface area contributed by atoms with Crippen LogP contribution in [0.4, 0.5) is 5.13 Å². The number of aliphatic hydroxyl groups is 1. The molecule has 0 radical (unpaired) electrons. The van der Waals surface area contributed by atoms with Gasteiger partial charge in [-0.3, -0.25) is 14.5 Å². The Balaban J connectivity index is 1.67. The molecule has 0 saturated carbocycles. The lowest BCUT2D eigenvalue weighted by Gasteiger charge is -2.24. The van der Waals surface area contributed by atoms with Gasteiger partial charge in [-0.05, 0) is 85.3 Å². The monoisotopic (exact) mass is 586 g/mol. The molecule has 3 aromatic carbocycles. The zero-order valence-corrected chi connectivity index (χ0v) is 25.4. The number of nitrogens with zero attached hydrogens (tertiary/aromatic N) is 2. The van der Waals surface area contributed by atoms with E-state index in [4.69, 9.17) is 19.2 Å². The lowest BCUT2D eigenvalue weighted by Crippen LogP contribution is -2.29. The number of ketones is 1. The van der Waals surface area contributed by atoms with Gasteiger partial charge >= 0.3 is 5.91 Å². The Morgan fingerprint density at radius 2 is 1.74 bits per heavy atom.